The van der Waals surface area contributed by atoms with E-state index in [2.05, 4.69) is 39.2 Å². The van der Waals surface area contributed by atoms with Gasteiger partial charge in [-0.15, -0.1) is 0 Å². The molecule has 1 fully saturated rings. The number of hydrogen-bond donors (Lipinski definition) is 1. The first-order chi connectivity index (χ1) is 10.1. The van der Waals surface area contributed by atoms with E-state index in [0.717, 1.165) is 22.5 Å². The van der Waals surface area contributed by atoms with Gasteiger partial charge in [-0.1, -0.05) is 12.1 Å². The van der Waals surface area contributed by atoms with E-state index in [1.165, 1.54) is 24.0 Å². The summed E-state index contributed by atoms with van der Waals surface area (Å²) in [5.41, 5.74) is 3.45. The second-order valence-electron chi connectivity index (χ2n) is 5.59. The number of hydrogen-bond acceptors (Lipinski definition) is 3. The number of rotatable bonds is 5. The van der Waals surface area contributed by atoms with E-state index in [1.54, 1.807) is 0 Å². The van der Waals surface area contributed by atoms with Crippen LogP contribution in [-0.2, 0) is 6.54 Å². The van der Waals surface area contributed by atoms with Gasteiger partial charge in [0.1, 0.15) is 5.75 Å². The molecule has 0 saturated heterocycles. The summed E-state index contributed by atoms with van der Waals surface area (Å²) in [5, 5.41) is 3.51. The highest BCUT2D eigenvalue weighted by atomic mass is 79.9. The van der Waals surface area contributed by atoms with Gasteiger partial charge in [-0.25, -0.2) is 4.98 Å². The number of ether oxygens (including phenoxy) is 1. The highest BCUT2D eigenvalue weighted by Crippen LogP contribution is 2.30. The molecule has 3 nitrogen and oxygen atoms in total. The first-order valence-electron chi connectivity index (χ1n) is 7.26. The van der Waals surface area contributed by atoms with Crippen molar-refractivity contribution < 1.29 is 4.74 Å². The second-order valence-corrected chi connectivity index (χ2v) is 6.44. The molecular weight excluding hydrogens is 328 g/mol. The van der Waals surface area contributed by atoms with E-state index in [0.29, 0.717) is 11.9 Å². The fourth-order valence-corrected chi connectivity index (χ4v) is 2.73. The molecule has 0 spiro atoms. The molecule has 21 heavy (non-hydrogen) atoms. The molecule has 0 bridgehead atoms. The largest absolute Gasteiger partial charge is 0.438 e. The van der Waals surface area contributed by atoms with Crippen molar-refractivity contribution in [2.45, 2.75) is 39.3 Å². The standard InChI is InChI=1S/C17H19BrN2O/c1-11-3-7-16(15(18)9-11)21-17-8-4-13(12(2)20-17)10-19-14-5-6-14/h3-4,7-9,14,19H,5-6,10H2,1-2H3. The first kappa shape index (κ1) is 14.5. The summed E-state index contributed by atoms with van der Waals surface area (Å²) in [6.07, 6.45) is 2.60. The number of halogens is 1. The molecule has 1 aromatic carbocycles. The van der Waals surface area contributed by atoms with Crippen molar-refractivity contribution in [3.63, 3.8) is 0 Å². The predicted molar refractivity (Wildman–Crippen MR) is 87.8 cm³/mol. The number of nitrogens with one attached hydrogen (secondary N) is 1. The van der Waals surface area contributed by atoms with Crippen molar-refractivity contribution in [2.75, 3.05) is 0 Å². The van der Waals surface area contributed by atoms with Crippen molar-refractivity contribution in [3.8, 4) is 11.6 Å². The zero-order valence-electron chi connectivity index (χ0n) is 12.3. The minimum absolute atomic E-state index is 0.632. The normalized spacial score (nSPS) is 14.2. The Balaban J connectivity index is 1.71. The molecule has 1 aliphatic carbocycles. The number of nitrogens with zero attached hydrogens (tertiary/aromatic N) is 1. The predicted octanol–water partition coefficient (Wildman–Crippen LogP) is 4.51. The fraction of sp³-hybridized carbons (Fsp3) is 0.353. The molecule has 0 aliphatic heterocycles. The molecule has 1 heterocycles. The zero-order chi connectivity index (χ0) is 14.8. The molecule has 1 saturated carbocycles. The van der Waals surface area contributed by atoms with Gasteiger partial charge in [0.25, 0.3) is 0 Å². The maximum Gasteiger partial charge on any atom is 0.219 e. The highest BCUT2D eigenvalue weighted by molar-refractivity contribution is 9.10. The van der Waals surface area contributed by atoms with Crippen LogP contribution in [0.1, 0.15) is 29.7 Å². The maximum absolute atomic E-state index is 5.86. The summed E-state index contributed by atoms with van der Waals surface area (Å²) in [4.78, 5) is 4.55. The van der Waals surface area contributed by atoms with Gasteiger partial charge >= 0.3 is 0 Å². The molecule has 0 amide bonds. The van der Waals surface area contributed by atoms with Crippen LogP contribution >= 0.6 is 15.9 Å². The van der Waals surface area contributed by atoms with Crippen LogP contribution in [0.3, 0.4) is 0 Å². The highest BCUT2D eigenvalue weighted by Gasteiger charge is 2.20. The van der Waals surface area contributed by atoms with Crippen molar-refractivity contribution in [1.82, 2.24) is 10.3 Å². The quantitative estimate of drug-likeness (QED) is 0.864. The molecule has 1 N–H and O–H groups in total. The molecule has 110 valence electrons. The Labute approximate surface area is 133 Å². The Kier molecular flexibility index (Phi) is 4.27. The molecule has 3 rings (SSSR count). The Morgan fingerprint density at radius 2 is 2.05 bits per heavy atom. The fourth-order valence-electron chi connectivity index (χ4n) is 2.15. The van der Waals surface area contributed by atoms with Gasteiger partial charge in [0, 0.05) is 24.3 Å². The third-order valence-corrected chi connectivity index (χ3v) is 4.25. The van der Waals surface area contributed by atoms with Gasteiger partial charge in [0.15, 0.2) is 0 Å². The summed E-state index contributed by atoms with van der Waals surface area (Å²) >= 11 is 3.52. The third kappa shape index (κ3) is 3.83. The van der Waals surface area contributed by atoms with E-state index < -0.39 is 0 Å². The van der Waals surface area contributed by atoms with Crippen molar-refractivity contribution in [1.29, 1.82) is 0 Å². The molecular formula is C17H19BrN2O. The summed E-state index contributed by atoms with van der Waals surface area (Å²) in [6.45, 7) is 4.97. The monoisotopic (exact) mass is 346 g/mol. The van der Waals surface area contributed by atoms with E-state index in [-0.39, 0.29) is 0 Å². The topological polar surface area (TPSA) is 34.1 Å². The minimum atomic E-state index is 0.632. The van der Waals surface area contributed by atoms with E-state index in [1.807, 2.05) is 31.2 Å². The number of benzene rings is 1. The van der Waals surface area contributed by atoms with Gasteiger partial charge in [-0.2, -0.15) is 0 Å². The summed E-state index contributed by atoms with van der Waals surface area (Å²) in [6, 6.07) is 10.8. The van der Waals surface area contributed by atoms with Crippen LogP contribution in [0.25, 0.3) is 0 Å². The summed E-state index contributed by atoms with van der Waals surface area (Å²) < 4.78 is 6.81. The van der Waals surface area contributed by atoms with Crippen LogP contribution < -0.4 is 10.1 Å². The molecule has 0 radical (unpaired) electrons. The average Bonchev–Trinajstić information content (AvgIpc) is 3.25. The smallest absolute Gasteiger partial charge is 0.219 e. The molecule has 1 aromatic heterocycles. The van der Waals surface area contributed by atoms with Gasteiger partial charge < -0.3 is 10.1 Å². The molecule has 0 unspecified atom stereocenters. The van der Waals surface area contributed by atoms with E-state index in [9.17, 15) is 0 Å². The van der Waals surface area contributed by atoms with Crippen LogP contribution in [-0.4, -0.2) is 11.0 Å². The Bertz CT molecular complexity index is 653. The van der Waals surface area contributed by atoms with Gasteiger partial charge in [-0.05, 0) is 65.9 Å². The molecule has 0 atom stereocenters. The van der Waals surface area contributed by atoms with Gasteiger partial charge in [0.05, 0.1) is 4.47 Å². The van der Waals surface area contributed by atoms with Crippen LogP contribution in [0.5, 0.6) is 11.6 Å². The molecule has 1 aliphatic rings. The van der Waals surface area contributed by atoms with Crippen molar-refractivity contribution in [2.24, 2.45) is 0 Å². The van der Waals surface area contributed by atoms with Gasteiger partial charge in [-0.3, -0.25) is 0 Å². The van der Waals surface area contributed by atoms with Crippen LogP contribution in [0.2, 0.25) is 0 Å². The maximum atomic E-state index is 5.86. The lowest BCUT2D eigenvalue weighted by molar-refractivity contribution is 0.458. The van der Waals surface area contributed by atoms with E-state index >= 15 is 0 Å². The van der Waals surface area contributed by atoms with Crippen LogP contribution in [0.15, 0.2) is 34.8 Å². The Hall–Kier alpha value is -1.39. The zero-order valence-corrected chi connectivity index (χ0v) is 13.9. The van der Waals surface area contributed by atoms with E-state index in [4.69, 9.17) is 4.74 Å². The number of aryl methyl sites for hydroxylation is 2. The number of pyridine rings is 1. The Morgan fingerprint density at radius 1 is 1.24 bits per heavy atom. The molecule has 4 heteroatoms. The van der Waals surface area contributed by atoms with Crippen molar-refractivity contribution >= 4 is 15.9 Å². The summed E-state index contributed by atoms with van der Waals surface area (Å²) in [7, 11) is 0. The molecule has 2 aromatic rings. The minimum Gasteiger partial charge on any atom is -0.438 e. The first-order valence-corrected chi connectivity index (χ1v) is 8.05. The van der Waals surface area contributed by atoms with Gasteiger partial charge in [0.2, 0.25) is 5.88 Å². The SMILES string of the molecule is Cc1ccc(Oc2ccc(CNC3CC3)c(C)n2)c(Br)c1. The lowest BCUT2D eigenvalue weighted by Crippen LogP contribution is -2.16. The average molecular weight is 347 g/mol. The second kappa shape index (κ2) is 6.16. The number of aromatic nitrogens is 1. The Morgan fingerprint density at radius 3 is 2.71 bits per heavy atom. The lowest BCUT2D eigenvalue weighted by atomic mass is 10.2. The lowest BCUT2D eigenvalue weighted by Gasteiger charge is -2.11. The summed E-state index contributed by atoms with van der Waals surface area (Å²) in [5.74, 6) is 1.42. The van der Waals surface area contributed by atoms with Crippen molar-refractivity contribution in [3.05, 3.63) is 51.6 Å². The van der Waals surface area contributed by atoms with Crippen LogP contribution in [0.4, 0.5) is 0 Å². The van der Waals surface area contributed by atoms with Crippen LogP contribution in [0, 0.1) is 13.8 Å². The third-order valence-electron chi connectivity index (χ3n) is 3.63.